The van der Waals surface area contributed by atoms with Crippen molar-refractivity contribution in [1.82, 2.24) is 9.80 Å². The Kier molecular flexibility index (Phi) is 4.97. The second-order valence-electron chi connectivity index (χ2n) is 5.65. The molecule has 0 radical (unpaired) electrons. The number of hydrogen-bond acceptors (Lipinski definition) is 3. The van der Waals surface area contributed by atoms with Crippen LogP contribution >= 0.6 is 0 Å². The van der Waals surface area contributed by atoms with Gasteiger partial charge in [-0.15, -0.1) is 0 Å². The Balaban J connectivity index is 2.24. The van der Waals surface area contributed by atoms with Crippen LogP contribution in [0.5, 0.6) is 0 Å². The SMILES string of the molecule is CCc1ccccc1C(CN)N1CCN(C)CC1C. The predicted octanol–water partition coefficient (Wildman–Crippen LogP) is 1.88. The van der Waals surface area contributed by atoms with E-state index < -0.39 is 0 Å². The fourth-order valence-corrected chi connectivity index (χ4v) is 3.24. The molecule has 1 aliphatic rings. The first-order valence-corrected chi connectivity index (χ1v) is 7.39. The lowest BCUT2D eigenvalue weighted by Gasteiger charge is -2.43. The minimum Gasteiger partial charge on any atom is -0.329 e. The highest BCUT2D eigenvalue weighted by molar-refractivity contribution is 5.30. The Morgan fingerprint density at radius 1 is 1.32 bits per heavy atom. The zero-order chi connectivity index (χ0) is 13.8. The highest BCUT2D eigenvalue weighted by Crippen LogP contribution is 2.27. The second-order valence-corrected chi connectivity index (χ2v) is 5.65. The van der Waals surface area contributed by atoms with Gasteiger partial charge >= 0.3 is 0 Å². The van der Waals surface area contributed by atoms with Crippen molar-refractivity contribution in [2.24, 2.45) is 5.73 Å². The molecule has 0 spiro atoms. The van der Waals surface area contributed by atoms with Gasteiger partial charge in [-0.1, -0.05) is 31.2 Å². The lowest BCUT2D eigenvalue weighted by molar-refractivity contribution is 0.0632. The number of hydrogen-bond donors (Lipinski definition) is 1. The molecule has 0 amide bonds. The molecule has 1 aromatic carbocycles. The van der Waals surface area contributed by atoms with Gasteiger partial charge in [-0.05, 0) is 31.5 Å². The van der Waals surface area contributed by atoms with Crippen molar-refractivity contribution in [2.45, 2.75) is 32.4 Å². The average molecular weight is 261 g/mol. The quantitative estimate of drug-likeness (QED) is 0.898. The standard InChI is InChI=1S/C16H27N3/c1-4-14-7-5-6-8-15(14)16(11-17)19-10-9-18(3)12-13(19)2/h5-8,13,16H,4,9-12,17H2,1-3H3. The third kappa shape index (κ3) is 3.16. The maximum absolute atomic E-state index is 6.10. The van der Waals surface area contributed by atoms with E-state index in [1.165, 1.54) is 11.1 Å². The van der Waals surface area contributed by atoms with E-state index in [9.17, 15) is 0 Å². The average Bonchev–Trinajstić information content (AvgIpc) is 2.42. The molecule has 1 aliphatic heterocycles. The highest BCUT2D eigenvalue weighted by atomic mass is 15.3. The first-order chi connectivity index (χ1) is 9.17. The molecule has 2 atom stereocenters. The molecule has 1 aromatic rings. The summed E-state index contributed by atoms with van der Waals surface area (Å²) in [4.78, 5) is 4.98. The molecule has 0 aliphatic carbocycles. The normalized spacial score (nSPS) is 23.5. The molecule has 2 unspecified atom stereocenters. The van der Waals surface area contributed by atoms with Crippen molar-refractivity contribution in [3.8, 4) is 0 Å². The lowest BCUT2D eigenvalue weighted by Crippen LogP contribution is -2.53. The molecule has 19 heavy (non-hydrogen) atoms. The van der Waals surface area contributed by atoms with E-state index in [0.717, 1.165) is 26.1 Å². The molecule has 0 saturated carbocycles. The van der Waals surface area contributed by atoms with E-state index in [1.807, 2.05) is 0 Å². The fourth-order valence-electron chi connectivity index (χ4n) is 3.24. The molecule has 3 heteroatoms. The van der Waals surface area contributed by atoms with Crippen LogP contribution in [0.3, 0.4) is 0 Å². The summed E-state index contributed by atoms with van der Waals surface area (Å²) >= 11 is 0. The monoisotopic (exact) mass is 261 g/mol. The van der Waals surface area contributed by atoms with Gasteiger partial charge in [-0.25, -0.2) is 0 Å². The van der Waals surface area contributed by atoms with E-state index in [4.69, 9.17) is 5.73 Å². The molecule has 1 heterocycles. The van der Waals surface area contributed by atoms with Gasteiger partial charge in [0.05, 0.1) is 0 Å². The fraction of sp³-hybridized carbons (Fsp3) is 0.625. The number of likely N-dealkylation sites (N-methyl/N-ethyl adjacent to an activating group) is 1. The van der Waals surface area contributed by atoms with E-state index in [2.05, 4.69) is 55.0 Å². The van der Waals surface area contributed by atoms with Gasteiger partial charge in [0.1, 0.15) is 0 Å². The molecular formula is C16H27N3. The van der Waals surface area contributed by atoms with Gasteiger partial charge in [-0.3, -0.25) is 4.90 Å². The van der Waals surface area contributed by atoms with E-state index in [0.29, 0.717) is 18.6 Å². The third-order valence-corrected chi connectivity index (χ3v) is 4.30. The van der Waals surface area contributed by atoms with Crippen molar-refractivity contribution in [3.05, 3.63) is 35.4 Å². The number of rotatable bonds is 4. The Labute approximate surface area is 117 Å². The number of aryl methyl sites for hydroxylation is 1. The van der Waals surface area contributed by atoms with Crippen LogP contribution in [0.4, 0.5) is 0 Å². The molecule has 0 bridgehead atoms. The summed E-state index contributed by atoms with van der Waals surface area (Å²) < 4.78 is 0. The zero-order valence-electron chi connectivity index (χ0n) is 12.5. The maximum Gasteiger partial charge on any atom is 0.0477 e. The molecule has 2 rings (SSSR count). The van der Waals surface area contributed by atoms with Gasteiger partial charge < -0.3 is 10.6 Å². The Hall–Kier alpha value is -0.900. The van der Waals surface area contributed by atoms with Crippen LogP contribution in [-0.2, 0) is 6.42 Å². The minimum absolute atomic E-state index is 0.361. The molecule has 1 fully saturated rings. The van der Waals surface area contributed by atoms with Crippen LogP contribution in [-0.4, -0.2) is 49.1 Å². The number of nitrogens with zero attached hydrogens (tertiary/aromatic N) is 2. The largest absolute Gasteiger partial charge is 0.329 e. The van der Waals surface area contributed by atoms with Crippen LogP contribution in [0.2, 0.25) is 0 Å². The summed E-state index contributed by atoms with van der Waals surface area (Å²) in [7, 11) is 2.20. The van der Waals surface area contributed by atoms with Gasteiger partial charge in [-0.2, -0.15) is 0 Å². The smallest absolute Gasteiger partial charge is 0.0477 e. The number of nitrogens with two attached hydrogens (primary N) is 1. The van der Waals surface area contributed by atoms with Crippen LogP contribution in [0.25, 0.3) is 0 Å². The van der Waals surface area contributed by atoms with Crippen molar-refractivity contribution < 1.29 is 0 Å². The van der Waals surface area contributed by atoms with Crippen LogP contribution in [0.1, 0.15) is 31.0 Å². The predicted molar refractivity (Wildman–Crippen MR) is 81.3 cm³/mol. The number of piperazine rings is 1. The van der Waals surface area contributed by atoms with Crippen LogP contribution in [0, 0.1) is 0 Å². The highest BCUT2D eigenvalue weighted by Gasteiger charge is 2.29. The first-order valence-electron chi connectivity index (χ1n) is 7.39. The van der Waals surface area contributed by atoms with E-state index in [-0.39, 0.29) is 0 Å². The summed E-state index contributed by atoms with van der Waals surface area (Å²) in [6.07, 6.45) is 1.08. The van der Waals surface area contributed by atoms with Crippen molar-refractivity contribution in [1.29, 1.82) is 0 Å². The van der Waals surface area contributed by atoms with Crippen molar-refractivity contribution in [3.63, 3.8) is 0 Å². The molecular weight excluding hydrogens is 234 g/mol. The summed E-state index contributed by atoms with van der Waals surface area (Å²) in [5.74, 6) is 0. The Bertz CT molecular complexity index is 405. The second kappa shape index (κ2) is 6.51. The summed E-state index contributed by atoms with van der Waals surface area (Å²) in [5.41, 5.74) is 8.96. The number of benzene rings is 1. The Morgan fingerprint density at radius 2 is 2.05 bits per heavy atom. The van der Waals surface area contributed by atoms with Gasteiger partial charge in [0.25, 0.3) is 0 Å². The molecule has 106 valence electrons. The first kappa shape index (κ1) is 14.5. The maximum atomic E-state index is 6.10. The van der Waals surface area contributed by atoms with Crippen molar-refractivity contribution >= 4 is 0 Å². The summed E-state index contributed by atoms with van der Waals surface area (Å²) in [6, 6.07) is 9.68. The van der Waals surface area contributed by atoms with Crippen LogP contribution in [0.15, 0.2) is 24.3 Å². The minimum atomic E-state index is 0.361. The summed E-state index contributed by atoms with van der Waals surface area (Å²) in [5, 5.41) is 0. The zero-order valence-corrected chi connectivity index (χ0v) is 12.5. The van der Waals surface area contributed by atoms with E-state index >= 15 is 0 Å². The Morgan fingerprint density at radius 3 is 2.68 bits per heavy atom. The van der Waals surface area contributed by atoms with Crippen molar-refractivity contribution in [2.75, 3.05) is 33.2 Å². The van der Waals surface area contributed by atoms with Gasteiger partial charge in [0.15, 0.2) is 0 Å². The summed E-state index contributed by atoms with van der Waals surface area (Å²) in [6.45, 7) is 8.61. The third-order valence-electron chi connectivity index (χ3n) is 4.30. The molecule has 2 N–H and O–H groups in total. The molecule has 0 aromatic heterocycles. The molecule has 3 nitrogen and oxygen atoms in total. The lowest BCUT2D eigenvalue weighted by atomic mass is 9.95. The van der Waals surface area contributed by atoms with Gasteiger partial charge in [0, 0.05) is 38.3 Å². The molecule has 1 saturated heterocycles. The van der Waals surface area contributed by atoms with Gasteiger partial charge in [0.2, 0.25) is 0 Å². The van der Waals surface area contributed by atoms with E-state index in [1.54, 1.807) is 0 Å². The van der Waals surface area contributed by atoms with Crippen LogP contribution < -0.4 is 5.73 Å². The topological polar surface area (TPSA) is 32.5 Å².